The summed E-state index contributed by atoms with van der Waals surface area (Å²) < 4.78 is 13.3. The smallest absolute Gasteiger partial charge is 0.123 e. The molecule has 104 valence electrons. The van der Waals surface area contributed by atoms with E-state index in [-0.39, 0.29) is 5.82 Å². The third-order valence-corrected chi connectivity index (χ3v) is 4.25. The van der Waals surface area contributed by atoms with Crippen molar-refractivity contribution in [2.45, 2.75) is 32.4 Å². The third kappa shape index (κ3) is 2.91. The van der Waals surface area contributed by atoms with Crippen molar-refractivity contribution >= 4 is 0 Å². The van der Waals surface area contributed by atoms with Crippen LogP contribution in [-0.4, -0.2) is 6.04 Å². The molecule has 2 unspecified atom stereocenters. The second-order valence-electron chi connectivity index (χ2n) is 5.77. The van der Waals surface area contributed by atoms with E-state index in [4.69, 9.17) is 0 Å². The molecule has 1 heterocycles. The SMILES string of the molecule is CC1Cc2ccc(F)cc2CNC1Cc1ccccc1. The molecule has 1 N–H and O–H groups in total. The Kier molecular flexibility index (Phi) is 3.83. The van der Waals surface area contributed by atoms with Crippen molar-refractivity contribution in [1.82, 2.24) is 5.32 Å². The van der Waals surface area contributed by atoms with Gasteiger partial charge in [0.25, 0.3) is 0 Å². The second kappa shape index (κ2) is 5.76. The minimum Gasteiger partial charge on any atom is -0.309 e. The summed E-state index contributed by atoms with van der Waals surface area (Å²) in [5, 5.41) is 3.60. The highest BCUT2D eigenvalue weighted by molar-refractivity contribution is 5.30. The summed E-state index contributed by atoms with van der Waals surface area (Å²) in [5.74, 6) is 0.404. The van der Waals surface area contributed by atoms with Crippen LogP contribution in [0.25, 0.3) is 0 Å². The molecule has 0 saturated heterocycles. The van der Waals surface area contributed by atoms with Crippen molar-refractivity contribution in [3.05, 3.63) is 71.0 Å². The Hall–Kier alpha value is -1.67. The van der Waals surface area contributed by atoms with Crippen molar-refractivity contribution in [3.63, 3.8) is 0 Å². The first-order chi connectivity index (χ1) is 9.72. The molecule has 2 aromatic rings. The molecule has 1 aliphatic rings. The lowest BCUT2D eigenvalue weighted by Gasteiger charge is -2.22. The zero-order valence-corrected chi connectivity index (χ0v) is 11.8. The van der Waals surface area contributed by atoms with Gasteiger partial charge in [-0.2, -0.15) is 0 Å². The van der Waals surface area contributed by atoms with Crippen LogP contribution in [0.5, 0.6) is 0 Å². The normalized spacial score (nSPS) is 22.1. The highest BCUT2D eigenvalue weighted by atomic mass is 19.1. The first-order valence-corrected chi connectivity index (χ1v) is 7.27. The Morgan fingerprint density at radius 1 is 1.10 bits per heavy atom. The van der Waals surface area contributed by atoms with E-state index in [9.17, 15) is 4.39 Å². The van der Waals surface area contributed by atoms with Gasteiger partial charge in [-0.25, -0.2) is 4.39 Å². The number of hydrogen-bond donors (Lipinski definition) is 1. The first kappa shape index (κ1) is 13.3. The molecule has 0 saturated carbocycles. The molecule has 20 heavy (non-hydrogen) atoms. The molecular weight excluding hydrogens is 249 g/mol. The van der Waals surface area contributed by atoms with E-state index < -0.39 is 0 Å². The Labute approximate surface area is 119 Å². The average molecular weight is 269 g/mol. The van der Waals surface area contributed by atoms with Gasteiger partial charge in [-0.1, -0.05) is 43.3 Å². The molecular formula is C18H20FN. The van der Waals surface area contributed by atoms with Crippen molar-refractivity contribution in [2.24, 2.45) is 5.92 Å². The van der Waals surface area contributed by atoms with E-state index in [0.29, 0.717) is 12.0 Å². The van der Waals surface area contributed by atoms with E-state index >= 15 is 0 Å². The molecule has 0 bridgehead atoms. The summed E-state index contributed by atoms with van der Waals surface area (Å²) in [6, 6.07) is 16.2. The average Bonchev–Trinajstić information content (AvgIpc) is 2.60. The summed E-state index contributed by atoms with van der Waals surface area (Å²) in [6.07, 6.45) is 2.04. The van der Waals surface area contributed by atoms with Crippen molar-refractivity contribution in [2.75, 3.05) is 0 Å². The number of rotatable bonds is 2. The van der Waals surface area contributed by atoms with Crippen LogP contribution in [-0.2, 0) is 19.4 Å². The van der Waals surface area contributed by atoms with Gasteiger partial charge in [-0.05, 0) is 47.6 Å². The van der Waals surface area contributed by atoms with Gasteiger partial charge in [0.2, 0.25) is 0 Å². The summed E-state index contributed by atoms with van der Waals surface area (Å²) in [5.41, 5.74) is 3.74. The standard InChI is InChI=1S/C18H20FN/c1-13-9-15-7-8-17(19)11-16(15)12-20-18(13)10-14-5-3-2-4-6-14/h2-8,11,13,18,20H,9-10,12H2,1H3. The quantitative estimate of drug-likeness (QED) is 0.876. The van der Waals surface area contributed by atoms with Gasteiger partial charge in [0.1, 0.15) is 5.82 Å². The van der Waals surface area contributed by atoms with E-state index in [0.717, 1.165) is 24.9 Å². The summed E-state index contributed by atoms with van der Waals surface area (Å²) >= 11 is 0. The van der Waals surface area contributed by atoms with Crippen LogP contribution in [0, 0.1) is 11.7 Å². The van der Waals surface area contributed by atoms with Gasteiger partial charge in [-0.3, -0.25) is 0 Å². The molecule has 1 nitrogen and oxygen atoms in total. The van der Waals surface area contributed by atoms with Crippen LogP contribution in [0.1, 0.15) is 23.6 Å². The van der Waals surface area contributed by atoms with Gasteiger partial charge in [-0.15, -0.1) is 0 Å². The van der Waals surface area contributed by atoms with Crippen LogP contribution in [0.4, 0.5) is 4.39 Å². The lowest BCUT2D eigenvalue weighted by molar-refractivity contribution is 0.383. The highest BCUT2D eigenvalue weighted by Gasteiger charge is 2.22. The minimum atomic E-state index is -0.139. The molecule has 2 heteroatoms. The van der Waals surface area contributed by atoms with E-state index in [2.05, 4.69) is 36.5 Å². The number of fused-ring (bicyclic) bond motifs is 1. The largest absolute Gasteiger partial charge is 0.309 e. The summed E-state index contributed by atoms with van der Waals surface area (Å²) in [7, 11) is 0. The Bertz CT molecular complexity index is 579. The van der Waals surface area contributed by atoms with Gasteiger partial charge in [0.05, 0.1) is 0 Å². The Balaban J connectivity index is 1.77. The maximum absolute atomic E-state index is 13.3. The molecule has 0 aliphatic carbocycles. The van der Waals surface area contributed by atoms with Crippen LogP contribution in [0.3, 0.4) is 0 Å². The van der Waals surface area contributed by atoms with E-state index in [1.807, 2.05) is 12.1 Å². The van der Waals surface area contributed by atoms with Crippen LogP contribution in [0.15, 0.2) is 48.5 Å². The minimum absolute atomic E-state index is 0.139. The molecule has 0 amide bonds. The van der Waals surface area contributed by atoms with Crippen LogP contribution >= 0.6 is 0 Å². The molecule has 1 aliphatic heterocycles. The van der Waals surface area contributed by atoms with E-state index in [1.54, 1.807) is 12.1 Å². The fourth-order valence-corrected chi connectivity index (χ4v) is 3.03. The molecule has 2 aromatic carbocycles. The lowest BCUT2D eigenvalue weighted by atomic mass is 9.90. The molecule has 0 radical (unpaired) electrons. The molecule has 0 spiro atoms. The number of benzene rings is 2. The zero-order chi connectivity index (χ0) is 13.9. The first-order valence-electron chi connectivity index (χ1n) is 7.27. The van der Waals surface area contributed by atoms with Crippen molar-refractivity contribution in [3.8, 4) is 0 Å². The van der Waals surface area contributed by atoms with Gasteiger partial charge in [0, 0.05) is 12.6 Å². The van der Waals surface area contributed by atoms with Crippen molar-refractivity contribution in [1.29, 1.82) is 0 Å². The molecule has 0 fully saturated rings. The van der Waals surface area contributed by atoms with E-state index in [1.165, 1.54) is 11.1 Å². The van der Waals surface area contributed by atoms with Crippen LogP contribution < -0.4 is 5.32 Å². The predicted molar refractivity (Wildman–Crippen MR) is 80.0 cm³/mol. The van der Waals surface area contributed by atoms with Gasteiger partial charge < -0.3 is 5.32 Å². The second-order valence-corrected chi connectivity index (χ2v) is 5.77. The summed E-state index contributed by atoms with van der Waals surface area (Å²) in [4.78, 5) is 0. The number of halogens is 1. The van der Waals surface area contributed by atoms with Crippen LogP contribution in [0.2, 0.25) is 0 Å². The molecule has 0 aromatic heterocycles. The van der Waals surface area contributed by atoms with Crippen molar-refractivity contribution < 1.29 is 4.39 Å². The maximum Gasteiger partial charge on any atom is 0.123 e. The summed E-state index contributed by atoms with van der Waals surface area (Å²) in [6.45, 7) is 3.04. The Morgan fingerprint density at radius 3 is 2.70 bits per heavy atom. The Morgan fingerprint density at radius 2 is 1.90 bits per heavy atom. The highest BCUT2D eigenvalue weighted by Crippen LogP contribution is 2.23. The van der Waals surface area contributed by atoms with Gasteiger partial charge in [0.15, 0.2) is 0 Å². The monoisotopic (exact) mass is 269 g/mol. The molecule has 2 atom stereocenters. The third-order valence-electron chi connectivity index (χ3n) is 4.25. The predicted octanol–water partition coefficient (Wildman–Crippen LogP) is 3.72. The van der Waals surface area contributed by atoms with Gasteiger partial charge >= 0.3 is 0 Å². The maximum atomic E-state index is 13.3. The number of hydrogen-bond acceptors (Lipinski definition) is 1. The zero-order valence-electron chi connectivity index (χ0n) is 11.8. The molecule has 3 rings (SSSR count). The fraction of sp³-hybridized carbons (Fsp3) is 0.333. The topological polar surface area (TPSA) is 12.0 Å². The lowest BCUT2D eigenvalue weighted by Crippen LogP contribution is -2.35. The fourth-order valence-electron chi connectivity index (χ4n) is 3.03. The number of nitrogens with one attached hydrogen (secondary N) is 1.